The van der Waals surface area contributed by atoms with Crippen molar-refractivity contribution in [2.75, 3.05) is 17.2 Å². The van der Waals surface area contributed by atoms with Gasteiger partial charge in [-0.15, -0.1) is 0 Å². The van der Waals surface area contributed by atoms with Crippen LogP contribution >= 0.6 is 11.6 Å². The van der Waals surface area contributed by atoms with E-state index in [4.69, 9.17) is 11.6 Å². The van der Waals surface area contributed by atoms with Crippen molar-refractivity contribution in [1.29, 1.82) is 0 Å². The lowest BCUT2D eigenvalue weighted by molar-refractivity contribution is -0.143. The number of pyridine rings is 1. The molecule has 0 unspecified atom stereocenters. The molecule has 64 heavy (non-hydrogen) atoms. The molecule has 2 N–H and O–H groups in total. The van der Waals surface area contributed by atoms with Gasteiger partial charge in [0, 0.05) is 34.9 Å². The summed E-state index contributed by atoms with van der Waals surface area (Å²) in [4.78, 5) is 18.5. The zero-order valence-corrected chi connectivity index (χ0v) is 36.2. The van der Waals surface area contributed by atoms with E-state index in [0.717, 1.165) is 31.4 Å². The Morgan fingerprint density at radius 2 is 1.58 bits per heavy atom. The third-order valence-electron chi connectivity index (χ3n) is 10.2. The van der Waals surface area contributed by atoms with Gasteiger partial charge in [-0.3, -0.25) is 18.9 Å². The normalized spacial score (nSPS) is 16.0. The average Bonchev–Trinajstić information content (AvgIpc) is 3.73. The molecule has 0 saturated heterocycles. The first-order valence-electron chi connectivity index (χ1n) is 18.5. The fourth-order valence-electron chi connectivity index (χ4n) is 7.01. The van der Waals surface area contributed by atoms with E-state index in [0.29, 0.717) is 17.0 Å². The van der Waals surface area contributed by atoms with Crippen LogP contribution in [0.25, 0.3) is 22.0 Å². The Labute approximate surface area is 363 Å². The average molecular weight is 970 g/mol. The quantitative estimate of drug-likeness (QED) is 0.101. The number of rotatable bonds is 11. The molecule has 0 saturated carbocycles. The number of amides is 1. The molecule has 2 atom stereocenters. The number of fused-ring (bicyclic) bond motifs is 2. The molecule has 0 radical (unpaired) electrons. The second kappa shape index (κ2) is 16.5. The highest BCUT2D eigenvalue weighted by molar-refractivity contribution is 7.92. The number of nitrogens with zero attached hydrogens (tertiary/aromatic N) is 5. The number of hydrogen-bond acceptors (Lipinski definition) is 8. The van der Waals surface area contributed by atoms with Gasteiger partial charge in [0.2, 0.25) is 15.9 Å². The van der Waals surface area contributed by atoms with Crippen molar-refractivity contribution in [2.24, 2.45) is 5.92 Å². The minimum Gasteiger partial charge on any atom is -0.346 e. The van der Waals surface area contributed by atoms with E-state index >= 15 is 8.78 Å². The molecule has 5 aromatic rings. The number of carbonyl (C=O) groups excluding carboxylic acids is 1. The van der Waals surface area contributed by atoms with E-state index < -0.39 is 127 Å². The lowest BCUT2D eigenvalue weighted by Crippen LogP contribution is -2.35. The lowest BCUT2D eigenvalue weighted by Gasteiger charge is -2.23. The molecule has 0 spiro atoms. The third-order valence-corrected chi connectivity index (χ3v) is 13.0. The molecule has 1 amide bonds. The minimum absolute atomic E-state index is 0.189. The van der Waals surface area contributed by atoms with Gasteiger partial charge in [0.05, 0.1) is 33.9 Å². The van der Waals surface area contributed by atoms with Gasteiger partial charge < -0.3 is 5.32 Å². The van der Waals surface area contributed by atoms with Crippen LogP contribution in [0.3, 0.4) is 0 Å². The van der Waals surface area contributed by atoms with Gasteiger partial charge >= 0.3 is 12.4 Å². The fourth-order valence-corrected chi connectivity index (χ4v) is 7.98. The summed E-state index contributed by atoms with van der Waals surface area (Å²) in [6, 6.07) is 5.20. The Hall–Kier alpha value is -5.41. The van der Waals surface area contributed by atoms with E-state index in [1.54, 1.807) is 0 Å². The molecular weight excluding hydrogens is 936 g/mol. The van der Waals surface area contributed by atoms with Crippen LogP contribution < -0.4 is 10.0 Å². The number of halogens is 11. The highest BCUT2D eigenvalue weighted by atomic mass is 35.5. The Kier molecular flexibility index (Phi) is 12.4. The summed E-state index contributed by atoms with van der Waals surface area (Å²) in [7, 11) is -8.06. The van der Waals surface area contributed by atoms with Crippen LogP contribution in [0.5, 0.6) is 0 Å². The second-order valence-corrected chi connectivity index (χ2v) is 20.4. The van der Waals surface area contributed by atoms with Crippen LogP contribution in [0.2, 0.25) is 5.02 Å². The number of sulfonamides is 1. The number of benzene rings is 2. The van der Waals surface area contributed by atoms with E-state index in [2.05, 4.69) is 32.3 Å². The Bertz CT molecular complexity index is 2970. The number of aromatic nitrogens is 5. The smallest absolute Gasteiger partial charge is 0.346 e. The summed E-state index contributed by atoms with van der Waals surface area (Å²) in [6.45, 7) is 0.431. The van der Waals surface area contributed by atoms with Crippen molar-refractivity contribution >= 4 is 54.1 Å². The van der Waals surface area contributed by atoms with Crippen molar-refractivity contribution in [2.45, 2.75) is 75.8 Å². The molecule has 2 aromatic carbocycles. The Morgan fingerprint density at radius 1 is 0.953 bits per heavy atom. The van der Waals surface area contributed by atoms with Gasteiger partial charge in [-0.25, -0.2) is 30.6 Å². The number of alkyl halides is 8. The highest BCUT2D eigenvalue weighted by Crippen LogP contribution is 2.49. The highest BCUT2D eigenvalue weighted by Gasteiger charge is 2.54. The molecule has 3 aromatic heterocycles. The molecule has 344 valence electrons. The summed E-state index contributed by atoms with van der Waals surface area (Å²) in [5.41, 5.74) is -5.37. The molecule has 0 aliphatic heterocycles. The van der Waals surface area contributed by atoms with Gasteiger partial charge in [0.25, 0.3) is 5.92 Å². The lowest BCUT2D eigenvalue weighted by atomic mass is 9.93. The predicted octanol–water partition coefficient (Wildman–Crippen LogP) is 7.74. The first-order valence-corrected chi connectivity index (χ1v) is 22.7. The Morgan fingerprint density at radius 3 is 2.16 bits per heavy atom. The summed E-state index contributed by atoms with van der Waals surface area (Å²) in [6.07, 6.45) is -9.98. The summed E-state index contributed by atoms with van der Waals surface area (Å²) < 4.78 is 195. The van der Waals surface area contributed by atoms with Crippen molar-refractivity contribution in [3.8, 4) is 23.0 Å². The maximum atomic E-state index is 15.4. The van der Waals surface area contributed by atoms with E-state index in [1.807, 2.05) is 4.72 Å². The van der Waals surface area contributed by atoms with Crippen LogP contribution in [-0.4, -0.2) is 70.7 Å². The van der Waals surface area contributed by atoms with Crippen molar-refractivity contribution in [3.05, 3.63) is 93.0 Å². The van der Waals surface area contributed by atoms with Crippen molar-refractivity contribution < 1.29 is 65.5 Å². The van der Waals surface area contributed by atoms with E-state index in [1.165, 1.54) is 32.0 Å². The van der Waals surface area contributed by atoms with Gasteiger partial charge in [-0.1, -0.05) is 30.5 Å². The molecule has 1 aliphatic carbocycles. The van der Waals surface area contributed by atoms with Gasteiger partial charge in [-0.05, 0) is 68.5 Å². The number of nitrogens with one attached hydrogen (secondary N) is 2. The maximum Gasteiger partial charge on any atom is 0.435 e. The molecule has 1 aliphatic rings. The van der Waals surface area contributed by atoms with E-state index in [9.17, 15) is 56.8 Å². The SMILES string of the molecule is C[C@@H]1Cc2c(C(F)(F)F)nn(CC(=O)N[C@@H](Cc3cc(F)cc(F)c3)c3nc(C#CC(C)(C)S(C)(=O)=O)ccc3-c3ccc(Cl)c4c(NS(C)(=O)=O)nn(CC(F)(F)F)c34)c2C1(F)F. The first-order chi connectivity index (χ1) is 29.3. The van der Waals surface area contributed by atoms with Crippen LogP contribution in [0.15, 0.2) is 42.5 Å². The van der Waals surface area contributed by atoms with Crippen LogP contribution in [-0.2, 0) is 62.7 Å². The number of sulfone groups is 1. The number of anilines is 1. The summed E-state index contributed by atoms with van der Waals surface area (Å²) in [5, 5.41) is 8.95. The molecule has 0 fully saturated rings. The van der Waals surface area contributed by atoms with Crippen LogP contribution in [0, 0.1) is 29.4 Å². The largest absolute Gasteiger partial charge is 0.435 e. The molecule has 12 nitrogen and oxygen atoms in total. The van der Waals surface area contributed by atoms with Gasteiger partial charge in [0.15, 0.2) is 21.3 Å². The van der Waals surface area contributed by atoms with Crippen molar-refractivity contribution in [3.63, 3.8) is 0 Å². The number of carbonyl (C=O) groups is 1. The predicted molar refractivity (Wildman–Crippen MR) is 213 cm³/mol. The third kappa shape index (κ3) is 10.1. The summed E-state index contributed by atoms with van der Waals surface area (Å²) >= 11 is 6.45. The van der Waals surface area contributed by atoms with Crippen molar-refractivity contribution in [1.82, 2.24) is 29.9 Å². The number of hydrogen-bond donors (Lipinski definition) is 2. The zero-order chi connectivity index (χ0) is 47.7. The molecule has 0 bridgehead atoms. The topological polar surface area (TPSA) is 158 Å². The second-order valence-electron chi connectivity index (χ2n) is 15.6. The molecule has 25 heteroatoms. The van der Waals surface area contributed by atoms with Gasteiger partial charge in [-0.2, -0.15) is 45.3 Å². The molecular formula is C39H34ClF10N7O5S2. The van der Waals surface area contributed by atoms with E-state index in [-0.39, 0.29) is 43.2 Å². The maximum absolute atomic E-state index is 15.4. The van der Waals surface area contributed by atoms with Crippen LogP contribution in [0.4, 0.5) is 49.7 Å². The minimum atomic E-state index is -5.21. The standard InChI is InChI=1S/C39H34ClF10N7O5S2/c1-19-12-26-33(39(48,49)50)53-56(34(26)38(19,46)47)17-29(58)52-28(15-20-13-21(41)16-22(42)14-20)31-24(7-6-23(51-31)10-11-36(2,3)63(4,59)60)25-8-9-27(40)30-32(25)57(18-37(43,44)45)54-35(30)55-64(5,61)62/h6-9,13-14,16,19,28H,12,15,17-18H2,1-5H3,(H,52,58)(H,54,55)/t19-,28+/m1/s1. The fraction of sp³-hybridized carbons (Fsp3) is 0.385. The Balaban J connectivity index is 1.62. The molecule has 3 heterocycles. The summed E-state index contributed by atoms with van der Waals surface area (Å²) in [5.74, 6) is -4.54. The monoisotopic (exact) mass is 969 g/mol. The zero-order valence-electron chi connectivity index (χ0n) is 33.8. The van der Waals surface area contributed by atoms with Crippen LogP contribution in [0.1, 0.15) is 60.7 Å². The first kappa shape index (κ1) is 48.1. The molecule has 6 rings (SSSR count). The van der Waals surface area contributed by atoms with Gasteiger partial charge in [0.1, 0.15) is 40.9 Å².